The number of nitrogens with one attached hydrogen (secondary N) is 1. The van der Waals surface area contributed by atoms with Crippen molar-refractivity contribution in [3.05, 3.63) is 42.0 Å². The van der Waals surface area contributed by atoms with Crippen LogP contribution in [-0.2, 0) is 14.3 Å². The average molecular weight is 414 g/mol. The van der Waals surface area contributed by atoms with Crippen LogP contribution in [0.3, 0.4) is 0 Å². The molecule has 1 unspecified atom stereocenters. The summed E-state index contributed by atoms with van der Waals surface area (Å²) in [6.45, 7) is 9.74. The van der Waals surface area contributed by atoms with Crippen molar-refractivity contribution in [2.24, 2.45) is 11.8 Å². The van der Waals surface area contributed by atoms with Crippen molar-refractivity contribution in [1.82, 2.24) is 15.1 Å². The number of ether oxygens (including phenoxy) is 1. The molecule has 2 fully saturated rings. The lowest BCUT2D eigenvalue weighted by Crippen LogP contribution is -2.52. The van der Waals surface area contributed by atoms with Crippen molar-refractivity contribution in [3.8, 4) is 0 Å². The molecule has 1 aromatic carbocycles. The van der Waals surface area contributed by atoms with Crippen LogP contribution in [0.5, 0.6) is 0 Å². The number of hydrogen-bond acceptors (Lipinski definition) is 4. The molecule has 1 atom stereocenters. The first-order chi connectivity index (χ1) is 14.5. The van der Waals surface area contributed by atoms with Gasteiger partial charge in [0.2, 0.25) is 11.8 Å². The molecule has 1 N–H and O–H groups in total. The Morgan fingerprint density at radius 3 is 2.40 bits per heavy atom. The van der Waals surface area contributed by atoms with E-state index in [2.05, 4.69) is 24.1 Å². The van der Waals surface area contributed by atoms with E-state index in [4.69, 9.17) is 4.74 Å². The predicted octanol–water partition coefficient (Wildman–Crippen LogP) is 2.41. The van der Waals surface area contributed by atoms with Crippen LogP contribution in [-0.4, -0.2) is 73.6 Å². The van der Waals surface area contributed by atoms with Gasteiger partial charge in [-0.25, -0.2) is 0 Å². The largest absolute Gasteiger partial charge is 0.379 e. The van der Waals surface area contributed by atoms with E-state index in [1.807, 2.05) is 41.3 Å². The molecule has 30 heavy (non-hydrogen) atoms. The number of carbonyl (C=O) groups excluding carboxylic acids is 2. The molecule has 0 radical (unpaired) electrons. The molecule has 0 saturated carbocycles. The van der Waals surface area contributed by atoms with Crippen molar-refractivity contribution in [1.29, 1.82) is 0 Å². The maximum absolute atomic E-state index is 12.7. The first-order valence-electron chi connectivity index (χ1n) is 11.2. The van der Waals surface area contributed by atoms with E-state index >= 15 is 0 Å². The van der Waals surface area contributed by atoms with Crippen molar-refractivity contribution < 1.29 is 14.3 Å². The highest BCUT2D eigenvalue weighted by molar-refractivity contribution is 5.92. The second kappa shape index (κ2) is 11.3. The van der Waals surface area contributed by atoms with Gasteiger partial charge in [-0.2, -0.15) is 0 Å². The summed E-state index contributed by atoms with van der Waals surface area (Å²) in [5.74, 6) is 0.606. The Kier molecular flexibility index (Phi) is 8.46. The second-order valence-corrected chi connectivity index (χ2v) is 8.55. The molecule has 6 nitrogen and oxygen atoms in total. The lowest BCUT2D eigenvalue weighted by Gasteiger charge is -2.37. The van der Waals surface area contributed by atoms with Crippen LogP contribution in [0.25, 0.3) is 6.08 Å². The zero-order valence-electron chi connectivity index (χ0n) is 18.3. The Labute approximate surface area is 180 Å². The Morgan fingerprint density at radius 2 is 1.77 bits per heavy atom. The van der Waals surface area contributed by atoms with Crippen LogP contribution >= 0.6 is 0 Å². The Morgan fingerprint density at radius 1 is 1.10 bits per heavy atom. The summed E-state index contributed by atoms with van der Waals surface area (Å²) in [7, 11) is 0. The first-order valence-corrected chi connectivity index (χ1v) is 11.2. The first kappa shape index (κ1) is 22.5. The van der Waals surface area contributed by atoms with E-state index in [9.17, 15) is 9.59 Å². The van der Waals surface area contributed by atoms with Gasteiger partial charge in [0.1, 0.15) is 0 Å². The molecule has 2 aliphatic heterocycles. The molecular weight excluding hydrogens is 378 g/mol. The number of amides is 2. The number of morpholine rings is 1. The Balaban J connectivity index is 1.43. The maximum atomic E-state index is 12.7. The number of rotatable bonds is 7. The fraction of sp³-hybridized carbons (Fsp3) is 0.583. The predicted molar refractivity (Wildman–Crippen MR) is 119 cm³/mol. The highest BCUT2D eigenvalue weighted by Gasteiger charge is 2.29. The standard InChI is InChI=1S/C24H35N3O3/c1-19(2)22(26-14-16-30-17-15-26)18-25-24(29)21-10-12-27(13-11-21)23(28)9-8-20-6-4-3-5-7-20/h3-9,19,21-22H,10-18H2,1-2H3,(H,25,29)/b9-8+. The SMILES string of the molecule is CC(C)C(CNC(=O)C1CCN(C(=O)/C=C/c2ccccc2)CC1)N1CCOCC1. The summed E-state index contributed by atoms with van der Waals surface area (Å²) in [4.78, 5) is 29.4. The third-order valence-electron chi connectivity index (χ3n) is 6.17. The smallest absolute Gasteiger partial charge is 0.246 e. The van der Waals surface area contributed by atoms with Gasteiger partial charge in [0, 0.05) is 50.8 Å². The Bertz CT molecular complexity index is 706. The van der Waals surface area contributed by atoms with Crippen LogP contribution in [0.15, 0.2) is 36.4 Å². The molecule has 0 aliphatic carbocycles. The number of nitrogens with zero attached hydrogens (tertiary/aromatic N) is 2. The molecule has 1 aromatic rings. The van der Waals surface area contributed by atoms with Gasteiger partial charge in [0.25, 0.3) is 0 Å². The van der Waals surface area contributed by atoms with E-state index in [0.29, 0.717) is 31.6 Å². The van der Waals surface area contributed by atoms with Crippen LogP contribution in [0.1, 0.15) is 32.3 Å². The van der Waals surface area contributed by atoms with E-state index in [0.717, 1.165) is 44.7 Å². The van der Waals surface area contributed by atoms with E-state index in [1.54, 1.807) is 6.08 Å². The number of piperidine rings is 1. The molecule has 2 amide bonds. The lowest BCUT2D eigenvalue weighted by molar-refractivity contribution is -0.132. The summed E-state index contributed by atoms with van der Waals surface area (Å²) in [5, 5.41) is 3.18. The number of carbonyl (C=O) groups is 2. The molecule has 6 heteroatoms. The maximum Gasteiger partial charge on any atom is 0.246 e. The minimum atomic E-state index is -0.00958. The second-order valence-electron chi connectivity index (χ2n) is 8.55. The highest BCUT2D eigenvalue weighted by Crippen LogP contribution is 2.19. The van der Waals surface area contributed by atoms with Crippen molar-refractivity contribution >= 4 is 17.9 Å². The van der Waals surface area contributed by atoms with Gasteiger partial charge in [0.05, 0.1) is 13.2 Å². The molecule has 0 bridgehead atoms. The highest BCUT2D eigenvalue weighted by atomic mass is 16.5. The molecule has 164 valence electrons. The van der Waals surface area contributed by atoms with Crippen LogP contribution in [0.2, 0.25) is 0 Å². The van der Waals surface area contributed by atoms with Crippen molar-refractivity contribution in [2.45, 2.75) is 32.7 Å². The van der Waals surface area contributed by atoms with E-state index < -0.39 is 0 Å². The van der Waals surface area contributed by atoms with Gasteiger partial charge in [0.15, 0.2) is 0 Å². The fourth-order valence-corrected chi connectivity index (χ4v) is 4.24. The molecule has 3 rings (SSSR count). The summed E-state index contributed by atoms with van der Waals surface area (Å²) < 4.78 is 5.46. The quantitative estimate of drug-likeness (QED) is 0.698. The summed E-state index contributed by atoms with van der Waals surface area (Å²) in [5.41, 5.74) is 1.01. The van der Waals surface area contributed by atoms with Gasteiger partial charge in [-0.3, -0.25) is 14.5 Å². The molecule has 0 spiro atoms. The van der Waals surface area contributed by atoms with Gasteiger partial charge in [-0.1, -0.05) is 44.2 Å². The van der Waals surface area contributed by atoms with Gasteiger partial charge in [-0.05, 0) is 30.4 Å². The third-order valence-corrected chi connectivity index (χ3v) is 6.17. The zero-order valence-corrected chi connectivity index (χ0v) is 18.3. The monoisotopic (exact) mass is 413 g/mol. The number of hydrogen-bond donors (Lipinski definition) is 1. The van der Waals surface area contributed by atoms with Gasteiger partial charge >= 0.3 is 0 Å². The topological polar surface area (TPSA) is 61.9 Å². The molecule has 2 saturated heterocycles. The normalized spacial score (nSPS) is 19.9. The zero-order chi connectivity index (χ0) is 21.3. The van der Waals surface area contributed by atoms with Crippen molar-refractivity contribution in [2.75, 3.05) is 45.9 Å². The van der Waals surface area contributed by atoms with E-state index in [-0.39, 0.29) is 17.7 Å². The Hall–Kier alpha value is -2.18. The molecule has 2 aliphatic rings. The summed E-state index contributed by atoms with van der Waals surface area (Å²) in [6.07, 6.45) is 4.92. The van der Waals surface area contributed by atoms with Gasteiger partial charge in [-0.15, -0.1) is 0 Å². The number of likely N-dealkylation sites (tertiary alicyclic amines) is 1. The minimum Gasteiger partial charge on any atom is -0.379 e. The number of benzene rings is 1. The lowest BCUT2D eigenvalue weighted by atomic mass is 9.95. The molecular formula is C24H35N3O3. The average Bonchev–Trinajstić information content (AvgIpc) is 2.79. The molecule has 0 aromatic heterocycles. The minimum absolute atomic E-state index is 0.00958. The summed E-state index contributed by atoms with van der Waals surface area (Å²) in [6, 6.07) is 10.2. The molecule has 2 heterocycles. The van der Waals surface area contributed by atoms with Crippen molar-refractivity contribution in [3.63, 3.8) is 0 Å². The third kappa shape index (κ3) is 6.41. The fourth-order valence-electron chi connectivity index (χ4n) is 4.24. The van der Waals surface area contributed by atoms with E-state index in [1.165, 1.54) is 0 Å². The van der Waals surface area contributed by atoms with Crippen LogP contribution < -0.4 is 5.32 Å². The summed E-state index contributed by atoms with van der Waals surface area (Å²) >= 11 is 0. The van der Waals surface area contributed by atoms with Crippen LogP contribution in [0.4, 0.5) is 0 Å². The van der Waals surface area contributed by atoms with Gasteiger partial charge < -0.3 is 15.0 Å². The van der Waals surface area contributed by atoms with Crippen LogP contribution in [0, 0.1) is 11.8 Å².